The molecular weight excluding hydrogens is 314 g/mol. The molecule has 0 unspecified atom stereocenters. The number of aliphatic hydroxyl groups is 1. The zero-order valence-electron chi connectivity index (χ0n) is 12.2. The van der Waals surface area contributed by atoms with Gasteiger partial charge in [0, 0.05) is 10.6 Å². The van der Waals surface area contributed by atoms with E-state index in [9.17, 15) is 10.4 Å². The molecule has 1 heterocycles. The number of halogens is 1. The number of methoxy groups -OCH3 is 1. The molecule has 3 aromatic rings. The molecule has 0 amide bonds. The van der Waals surface area contributed by atoms with Gasteiger partial charge in [-0.2, -0.15) is 5.26 Å². The van der Waals surface area contributed by atoms with E-state index >= 15 is 0 Å². The van der Waals surface area contributed by atoms with Gasteiger partial charge in [0.05, 0.1) is 18.1 Å². The summed E-state index contributed by atoms with van der Waals surface area (Å²) in [5.74, 6) is 0.803. The number of nitriles is 1. The smallest absolute Gasteiger partial charge is 0.153 e. The average molecular weight is 326 g/mol. The third-order valence-electron chi connectivity index (χ3n) is 3.39. The van der Waals surface area contributed by atoms with Gasteiger partial charge in [-0.05, 0) is 42.5 Å². The largest absolute Gasteiger partial charge is 0.506 e. The Kier molecular flexibility index (Phi) is 3.92. The summed E-state index contributed by atoms with van der Waals surface area (Å²) in [6.07, 6.45) is 0. The Bertz CT molecular complexity index is 937. The highest BCUT2D eigenvalue weighted by Crippen LogP contribution is 2.26. The van der Waals surface area contributed by atoms with E-state index in [1.807, 2.05) is 6.07 Å². The van der Waals surface area contributed by atoms with E-state index in [-0.39, 0.29) is 17.2 Å². The molecule has 6 heteroatoms. The van der Waals surface area contributed by atoms with Crippen LogP contribution in [-0.4, -0.2) is 22.2 Å². The SMILES string of the molecule is COc1ccc(/C(O)=C(\C#N)c2nc3ccc(Cl)cc3[nH]2)cc1. The van der Waals surface area contributed by atoms with Crippen LogP contribution in [0.5, 0.6) is 5.75 Å². The fourth-order valence-corrected chi connectivity index (χ4v) is 2.38. The summed E-state index contributed by atoms with van der Waals surface area (Å²) in [7, 11) is 1.56. The van der Waals surface area contributed by atoms with Gasteiger partial charge in [0.15, 0.2) is 5.82 Å². The van der Waals surface area contributed by atoms with Gasteiger partial charge in [0.2, 0.25) is 0 Å². The van der Waals surface area contributed by atoms with Gasteiger partial charge in [0.1, 0.15) is 23.2 Å². The van der Waals surface area contributed by atoms with E-state index in [4.69, 9.17) is 16.3 Å². The number of imidazole rings is 1. The Balaban J connectivity index is 2.09. The zero-order valence-corrected chi connectivity index (χ0v) is 12.9. The number of nitrogens with zero attached hydrogens (tertiary/aromatic N) is 2. The van der Waals surface area contributed by atoms with Gasteiger partial charge in [-0.25, -0.2) is 4.98 Å². The predicted octanol–water partition coefficient (Wildman–Crippen LogP) is 4.17. The lowest BCUT2D eigenvalue weighted by atomic mass is 10.1. The van der Waals surface area contributed by atoms with Crippen molar-refractivity contribution in [2.45, 2.75) is 0 Å². The molecule has 1 aromatic heterocycles. The first kappa shape index (κ1) is 14.9. The van der Waals surface area contributed by atoms with Crippen molar-refractivity contribution in [3.63, 3.8) is 0 Å². The molecule has 23 heavy (non-hydrogen) atoms. The number of rotatable bonds is 3. The number of benzene rings is 2. The maximum absolute atomic E-state index is 10.4. The standard InChI is InChI=1S/C17H12ClN3O2/c1-23-12-5-2-10(3-6-12)16(22)13(9-19)17-20-14-7-4-11(18)8-15(14)21-17/h2-8,22H,1H3,(H,20,21)/b16-13-. The van der Waals surface area contributed by atoms with Crippen LogP contribution in [0.2, 0.25) is 5.02 Å². The molecule has 2 aromatic carbocycles. The van der Waals surface area contributed by atoms with E-state index in [0.29, 0.717) is 27.4 Å². The van der Waals surface area contributed by atoms with Crippen LogP contribution in [-0.2, 0) is 0 Å². The van der Waals surface area contributed by atoms with Crippen LogP contribution in [0, 0.1) is 11.3 Å². The normalized spacial score (nSPS) is 11.9. The van der Waals surface area contributed by atoms with Gasteiger partial charge in [-0.15, -0.1) is 0 Å². The maximum Gasteiger partial charge on any atom is 0.153 e. The Morgan fingerprint density at radius 3 is 2.65 bits per heavy atom. The number of aromatic nitrogens is 2. The molecule has 0 aliphatic heterocycles. The van der Waals surface area contributed by atoms with Crippen LogP contribution in [0.4, 0.5) is 0 Å². The molecule has 0 saturated carbocycles. The van der Waals surface area contributed by atoms with E-state index < -0.39 is 0 Å². The minimum absolute atomic E-state index is 0.0579. The molecule has 2 N–H and O–H groups in total. The second-order valence-electron chi connectivity index (χ2n) is 4.81. The quantitative estimate of drug-likeness (QED) is 0.559. The lowest BCUT2D eigenvalue weighted by molar-refractivity contribution is 0.414. The highest BCUT2D eigenvalue weighted by molar-refractivity contribution is 6.31. The monoisotopic (exact) mass is 325 g/mol. The molecule has 0 aliphatic rings. The van der Waals surface area contributed by atoms with Crippen molar-refractivity contribution in [3.05, 3.63) is 58.9 Å². The number of aromatic amines is 1. The van der Waals surface area contributed by atoms with E-state index in [0.717, 1.165) is 0 Å². The Hall–Kier alpha value is -2.97. The zero-order chi connectivity index (χ0) is 16.4. The van der Waals surface area contributed by atoms with Crippen molar-refractivity contribution < 1.29 is 9.84 Å². The molecule has 5 nitrogen and oxygen atoms in total. The van der Waals surface area contributed by atoms with Crippen LogP contribution in [0.3, 0.4) is 0 Å². The van der Waals surface area contributed by atoms with Crippen molar-refractivity contribution in [2.75, 3.05) is 7.11 Å². The topological polar surface area (TPSA) is 81.9 Å². The predicted molar refractivity (Wildman–Crippen MR) is 89.2 cm³/mol. The summed E-state index contributed by atoms with van der Waals surface area (Å²) in [5, 5.41) is 20.4. The maximum atomic E-state index is 10.4. The molecule has 0 fully saturated rings. The minimum atomic E-state index is -0.152. The summed E-state index contributed by atoms with van der Waals surface area (Å²) < 4.78 is 5.08. The lowest BCUT2D eigenvalue weighted by Crippen LogP contribution is -1.92. The molecule has 0 spiro atoms. The van der Waals surface area contributed by atoms with Crippen molar-refractivity contribution >= 4 is 34.0 Å². The second kappa shape index (κ2) is 6.03. The van der Waals surface area contributed by atoms with Crippen LogP contribution < -0.4 is 4.74 Å². The Morgan fingerprint density at radius 1 is 1.26 bits per heavy atom. The van der Waals surface area contributed by atoms with Crippen LogP contribution in [0.25, 0.3) is 22.4 Å². The second-order valence-corrected chi connectivity index (χ2v) is 5.25. The summed E-state index contributed by atoms with van der Waals surface area (Å²) in [4.78, 5) is 7.33. The first-order chi connectivity index (χ1) is 11.1. The molecule has 0 aliphatic carbocycles. The first-order valence-corrected chi connectivity index (χ1v) is 7.13. The number of fused-ring (bicyclic) bond motifs is 1. The van der Waals surface area contributed by atoms with Gasteiger partial charge < -0.3 is 14.8 Å². The summed E-state index contributed by atoms with van der Waals surface area (Å²) in [6.45, 7) is 0. The fourth-order valence-electron chi connectivity index (χ4n) is 2.21. The van der Waals surface area contributed by atoms with Gasteiger partial charge in [-0.1, -0.05) is 11.6 Å². The third-order valence-corrected chi connectivity index (χ3v) is 3.63. The van der Waals surface area contributed by atoms with Crippen molar-refractivity contribution in [1.29, 1.82) is 5.26 Å². The van der Waals surface area contributed by atoms with E-state index in [1.165, 1.54) is 0 Å². The van der Waals surface area contributed by atoms with Crippen molar-refractivity contribution in [1.82, 2.24) is 9.97 Å². The molecule has 0 saturated heterocycles. The number of hydrogen-bond donors (Lipinski definition) is 2. The summed E-state index contributed by atoms with van der Waals surface area (Å²) >= 11 is 5.94. The number of aliphatic hydroxyl groups excluding tert-OH is 1. The van der Waals surface area contributed by atoms with Crippen molar-refractivity contribution in [3.8, 4) is 11.8 Å². The summed E-state index contributed by atoms with van der Waals surface area (Å²) in [5.41, 5.74) is 1.92. The lowest BCUT2D eigenvalue weighted by Gasteiger charge is -2.04. The molecule has 0 atom stereocenters. The highest BCUT2D eigenvalue weighted by atomic mass is 35.5. The molecule has 0 bridgehead atoms. The van der Waals surface area contributed by atoms with Gasteiger partial charge >= 0.3 is 0 Å². The molecule has 3 rings (SSSR count). The third kappa shape index (κ3) is 2.85. The van der Waals surface area contributed by atoms with Gasteiger partial charge in [-0.3, -0.25) is 0 Å². The number of nitrogens with one attached hydrogen (secondary N) is 1. The number of ether oxygens (including phenoxy) is 1. The fraction of sp³-hybridized carbons (Fsp3) is 0.0588. The van der Waals surface area contributed by atoms with Crippen LogP contribution >= 0.6 is 11.6 Å². The Labute approximate surface area is 137 Å². The summed E-state index contributed by atoms with van der Waals surface area (Å²) in [6, 6.07) is 13.9. The number of hydrogen-bond acceptors (Lipinski definition) is 4. The minimum Gasteiger partial charge on any atom is -0.506 e. The first-order valence-electron chi connectivity index (χ1n) is 6.76. The average Bonchev–Trinajstić information content (AvgIpc) is 2.98. The number of allylic oxidation sites excluding steroid dienone is 1. The van der Waals surface area contributed by atoms with Crippen molar-refractivity contribution in [2.24, 2.45) is 0 Å². The van der Waals surface area contributed by atoms with Gasteiger partial charge in [0.25, 0.3) is 0 Å². The Morgan fingerprint density at radius 2 is 2.00 bits per heavy atom. The van der Waals surface area contributed by atoms with E-state index in [1.54, 1.807) is 49.6 Å². The molecular formula is C17H12ClN3O2. The molecule has 0 radical (unpaired) electrons. The van der Waals surface area contributed by atoms with Crippen LogP contribution in [0.1, 0.15) is 11.4 Å². The van der Waals surface area contributed by atoms with E-state index in [2.05, 4.69) is 9.97 Å². The van der Waals surface area contributed by atoms with Crippen LogP contribution in [0.15, 0.2) is 42.5 Å². The number of H-pyrrole nitrogens is 1. The highest BCUT2D eigenvalue weighted by Gasteiger charge is 2.15. The molecule has 114 valence electrons.